The van der Waals surface area contributed by atoms with Crippen molar-refractivity contribution in [3.63, 3.8) is 0 Å². The maximum absolute atomic E-state index is 11.4. The van der Waals surface area contributed by atoms with Gasteiger partial charge < -0.3 is 19.0 Å². The second kappa shape index (κ2) is 11.8. The molecule has 124 valence electrons. The number of nitrogens with two attached hydrogens (primary N) is 1. The fourth-order valence-electron chi connectivity index (χ4n) is 1.90. The highest BCUT2D eigenvalue weighted by atomic mass is 28.4. The van der Waals surface area contributed by atoms with Gasteiger partial charge in [-0.25, -0.2) is 0 Å². The largest absolute Gasteiger partial charge is 0.500 e. The van der Waals surface area contributed by atoms with Gasteiger partial charge in [0, 0.05) is 32.3 Å². The Hall–Kier alpha value is -0.803. The lowest BCUT2D eigenvalue weighted by atomic mass is 10.2. The summed E-state index contributed by atoms with van der Waals surface area (Å²) in [7, 11) is -2.63. The minimum Gasteiger partial charge on any atom is -0.374 e. The molecule has 0 saturated carbocycles. The van der Waals surface area contributed by atoms with Crippen LogP contribution in [0.4, 0.5) is 0 Å². The molecule has 0 radical (unpaired) electrons. The molecular formula is C13H28N2O5Si. The molecule has 3 N–H and O–H groups in total. The van der Waals surface area contributed by atoms with E-state index in [9.17, 15) is 9.59 Å². The molecule has 0 heterocycles. The normalized spacial score (nSPS) is 11.4. The van der Waals surface area contributed by atoms with Crippen LogP contribution < -0.4 is 11.1 Å². The summed E-state index contributed by atoms with van der Waals surface area (Å²) in [5.74, 6) is -0.761. The highest BCUT2D eigenvalue weighted by Crippen LogP contribution is 2.19. The van der Waals surface area contributed by atoms with Crippen LogP contribution in [0.2, 0.25) is 6.04 Å². The number of hydrogen-bond donors (Lipinski definition) is 2. The van der Waals surface area contributed by atoms with Gasteiger partial charge in [0.1, 0.15) is 0 Å². The Morgan fingerprint density at radius 2 is 1.48 bits per heavy atom. The summed E-state index contributed by atoms with van der Waals surface area (Å²) >= 11 is 0. The van der Waals surface area contributed by atoms with Gasteiger partial charge in [0.05, 0.1) is 6.54 Å². The Kier molecular flexibility index (Phi) is 11.4. The third-order valence-corrected chi connectivity index (χ3v) is 5.85. The predicted octanol–water partition coefficient (Wildman–Crippen LogP) is 0.807. The van der Waals surface area contributed by atoms with Crippen LogP contribution in [0.3, 0.4) is 0 Å². The smallest absolute Gasteiger partial charge is 0.374 e. The highest BCUT2D eigenvalue weighted by molar-refractivity contribution is 6.60. The fraction of sp³-hybridized carbons (Fsp3) is 0.846. The van der Waals surface area contributed by atoms with E-state index in [2.05, 4.69) is 5.32 Å². The molecule has 7 nitrogen and oxygen atoms in total. The van der Waals surface area contributed by atoms with E-state index >= 15 is 0 Å². The van der Waals surface area contributed by atoms with Crippen LogP contribution in [0.1, 0.15) is 40.0 Å². The molecule has 0 aliphatic rings. The van der Waals surface area contributed by atoms with Gasteiger partial charge in [-0.05, 0) is 33.6 Å². The predicted molar refractivity (Wildman–Crippen MR) is 81.5 cm³/mol. The second-order valence-corrected chi connectivity index (χ2v) is 7.10. The Morgan fingerprint density at radius 3 is 1.90 bits per heavy atom. The molecule has 0 unspecified atom stereocenters. The average molecular weight is 320 g/mol. The van der Waals surface area contributed by atoms with E-state index in [1.54, 1.807) is 0 Å². The minimum absolute atomic E-state index is 0.180. The molecule has 0 spiro atoms. The molecule has 0 fully saturated rings. The number of nitrogens with one attached hydrogen (secondary N) is 1. The van der Waals surface area contributed by atoms with Crippen molar-refractivity contribution in [2.24, 2.45) is 5.73 Å². The van der Waals surface area contributed by atoms with Gasteiger partial charge in [0.15, 0.2) is 0 Å². The van der Waals surface area contributed by atoms with E-state index in [1.807, 2.05) is 20.8 Å². The molecule has 0 bridgehead atoms. The Balaban J connectivity index is 4.17. The van der Waals surface area contributed by atoms with Crippen molar-refractivity contribution in [3.05, 3.63) is 0 Å². The minimum atomic E-state index is -2.63. The number of unbranched alkanes of at least 4 members (excludes halogenated alkanes) is 1. The summed E-state index contributed by atoms with van der Waals surface area (Å²) in [4.78, 5) is 22.4. The second-order valence-electron chi connectivity index (χ2n) is 4.36. The molecule has 0 rings (SSSR count). The van der Waals surface area contributed by atoms with E-state index in [1.165, 1.54) is 0 Å². The molecule has 0 aliphatic carbocycles. The number of rotatable bonds is 12. The Bertz CT molecular complexity index is 298. The van der Waals surface area contributed by atoms with Crippen LogP contribution in [0.25, 0.3) is 0 Å². The maximum Gasteiger partial charge on any atom is 0.500 e. The molecule has 0 aromatic carbocycles. The van der Waals surface area contributed by atoms with E-state index < -0.39 is 14.7 Å². The topological polar surface area (TPSA) is 99.9 Å². The quantitative estimate of drug-likeness (QED) is 0.408. The summed E-state index contributed by atoms with van der Waals surface area (Å²) in [6.07, 6.45) is 1.67. The van der Waals surface area contributed by atoms with Crippen molar-refractivity contribution >= 4 is 20.6 Å². The van der Waals surface area contributed by atoms with E-state index in [0.29, 0.717) is 32.3 Å². The summed E-state index contributed by atoms with van der Waals surface area (Å²) in [5.41, 5.74) is 5.12. The SMILES string of the molecule is CCO[Si](CCCCC(=O)NC(=O)CN)(OCC)OCC. The molecule has 0 atom stereocenters. The lowest BCUT2D eigenvalue weighted by molar-refractivity contribution is -0.129. The van der Waals surface area contributed by atoms with Crippen molar-refractivity contribution in [3.8, 4) is 0 Å². The van der Waals surface area contributed by atoms with Crippen LogP contribution in [-0.2, 0) is 22.9 Å². The van der Waals surface area contributed by atoms with Gasteiger partial charge in [-0.15, -0.1) is 0 Å². The van der Waals surface area contributed by atoms with Crippen LogP contribution in [0.15, 0.2) is 0 Å². The zero-order valence-electron chi connectivity index (χ0n) is 13.3. The zero-order valence-corrected chi connectivity index (χ0v) is 14.3. The Morgan fingerprint density at radius 1 is 0.952 bits per heavy atom. The van der Waals surface area contributed by atoms with Gasteiger partial charge >= 0.3 is 8.80 Å². The number of hydrogen-bond acceptors (Lipinski definition) is 6. The van der Waals surface area contributed by atoms with Crippen molar-refractivity contribution in [2.45, 2.75) is 46.1 Å². The molecule has 0 aromatic rings. The maximum atomic E-state index is 11.4. The summed E-state index contributed by atoms with van der Waals surface area (Å²) in [6, 6.07) is 0.667. The number of carbonyl (C=O) groups excluding carboxylic acids is 2. The van der Waals surface area contributed by atoms with Gasteiger partial charge in [-0.2, -0.15) is 0 Å². The number of carbonyl (C=O) groups is 2. The van der Waals surface area contributed by atoms with Crippen LogP contribution >= 0.6 is 0 Å². The standard InChI is InChI=1S/C13H28N2O5Si/c1-4-18-21(19-5-2,20-6-3)10-8-7-9-12(16)15-13(17)11-14/h4-11,14H2,1-3H3,(H,15,16,17). The first-order valence-corrected chi connectivity index (χ1v) is 9.41. The molecule has 21 heavy (non-hydrogen) atoms. The number of amides is 2. The monoisotopic (exact) mass is 320 g/mol. The first-order chi connectivity index (χ1) is 10.0. The number of imide groups is 1. The van der Waals surface area contributed by atoms with Crippen LogP contribution in [0.5, 0.6) is 0 Å². The average Bonchev–Trinajstić information content (AvgIpc) is 2.44. The zero-order chi connectivity index (χ0) is 16.1. The van der Waals surface area contributed by atoms with E-state index in [-0.39, 0.29) is 18.9 Å². The van der Waals surface area contributed by atoms with Crippen molar-refractivity contribution in [1.29, 1.82) is 0 Å². The summed E-state index contributed by atoms with van der Waals surface area (Å²) in [6.45, 7) is 7.16. The third kappa shape index (κ3) is 8.94. The molecule has 0 saturated heterocycles. The molecular weight excluding hydrogens is 292 g/mol. The highest BCUT2D eigenvalue weighted by Gasteiger charge is 2.39. The van der Waals surface area contributed by atoms with Gasteiger partial charge in [-0.1, -0.05) is 0 Å². The van der Waals surface area contributed by atoms with Crippen molar-refractivity contribution in [2.75, 3.05) is 26.4 Å². The molecule has 2 amide bonds. The van der Waals surface area contributed by atoms with Gasteiger partial charge in [0.25, 0.3) is 0 Å². The van der Waals surface area contributed by atoms with Gasteiger partial charge in [0.2, 0.25) is 11.8 Å². The van der Waals surface area contributed by atoms with Crippen molar-refractivity contribution in [1.82, 2.24) is 5.32 Å². The first-order valence-electron chi connectivity index (χ1n) is 7.48. The fourth-order valence-corrected chi connectivity index (χ4v) is 4.58. The molecule has 0 aliphatic heterocycles. The third-order valence-electron chi connectivity index (χ3n) is 2.69. The lowest BCUT2D eigenvalue weighted by Gasteiger charge is -2.28. The lowest BCUT2D eigenvalue weighted by Crippen LogP contribution is -2.45. The van der Waals surface area contributed by atoms with E-state index in [0.717, 1.165) is 6.42 Å². The van der Waals surface area contributed by atoms with Crippen LogP contribution in [0, 0.1) is 0 Å². The van der Waals surface area contributed by atoms with E-state index in [4.69, 9.17) is 19.0 Å². The van der Waals surface area contributed by atoms with Crippen LogP contribution in [-0.4, -0.2) is 47.0 Å². The molecule has 8 heteroatoms. The van der Waals surface area contributed by atoms with Gasteiger partial charge in [-0.3, -0.25) is 14.9 Å². The molecule has 0 aromatic heterocycles. The summed E-state index contributed by atoms with van der Waals surface area (Å²) < 4.78 is 17.2. The first kappa shape index (κ1) is 20.2. The Labute approximate surface area is 127 Å². The van der Waals surface area contributed by atoms with Crippen molar-refractivity contribution < 1.29 is 22.9 Å². The summed E-state index contributed by atoms with van der Waals surface area (Å²) in [5, 5.41) is 2.22.